The van der Waals surface area contributed by atoms with Crippen LogP contribution in [0, 0.1) is 6.92 Å². The lowest BCUT2D eigenvalue weighted by Gasteiger charge is -2.30. The number of carbonyl (C=O) groups is 2. The number of likely N-dealkylation sites (tertiary alicyclic amines) is 1. The van der Waals surface area contributed by atoms with Gasteiger partial charge in [0.15, 0.2) is 11.6 Å². The first-order valence-electron chi connectivity index (χ1n) is 10.4. The number of benzene rings is 1. The fourth-order valence-corrected chi connectivity index (χ4v) is 3.68. The largest absolute Gasteiger partial charge is 0.416 e. The van der Waals surface area contributed by atoms with E-state index in [2.05, 4.69) is 20.4 Å². The molecule has 0 radical (unpaired) electrons. The lowest BCUT2D eigenvalue weighted by molar-refractivity contribution is -0.137. The lowest BCUT2D eigenvalue weighted by Crippen LogP contribution is -2.42. The molecule has 0 unspecified atom stereocenters. The Balaban J connectivity index is 1.55. The molecule has 8 nitrogen and oxygen atoms in total. The van der Waals surface area contributed by atoms with Crippen LogP contribution in [0.3, 0.4) is 0 Å². The highest BCUT2D eigenvalue weighted by atomic mass is 35.5. The van der Waals surface area contributed by atoms with E-state index in [9.17, 15) is 22.8 Å². The molecule has 0 bridgehead atoms. The standard InChI is InChI=1S/C22H20ClF3N6O2/c1-12(28-20(33)15-8-16(22(24,25)26)10-17(23)9-15)19-29-13(2)30-32(19)18-5-4-14(11-27-18)21(34)31-6-3-7-31/h4-5,8-12H,3,6-7H2,1-2H3,(H,28,33)/t12-/m0/s1. The average Bonchev–Trinajstić information content (AvgIpc) is 3.13. The van der Waals surface area contributed by atoms with E-state index in [1.807, 2.05) is 0 Å². The Morgan fingerprint density at radius 3 is 2.47 bits per heavy atom. The Bertz CT molecular complexity index is 1240. The Hall–Kier alpha value is -3.47. The van der Waals surface area contributed by atoms with Gasteiger partial charge in [-0.1, -0.05) is 11.6 Å². The number of aromatic nitrogens is 4. The molecule has 1 N–H and O–H groups in total. The Morgan fingerprint density at radius 2 is 1.88 bits per heavy atom. The van der Waals surface area contributed by atoms with Crippen molar-refractivity contribution in [3.05, 3.63) is 69.9 Å². The van der Waals surface area contributed by atoms with Crippen molar-refractivity contribution in [2.24, 2.45) is 0 Å². The zero-order chi connectivity index (χ0) is 24.6. The van der Waals surface area contributed by atoms with Crippen molar-refractivity contribution < 1.29 is 22.8 Å². The molecule has 178 valence electrons. The van der Waals surface area contributed by atoms with Gasteiger partial charge in [0.1, 0.15) is 5.82 Å². The highest BCUT2D eigenvalue weighted by Gasteiger charge is 2.32. The van der Waals surface area contributed by atoms with Crippen LogP contribution in [-0.4, -0.2) is 49.6 Å². The van der Waals surface area contributed by atoms with E-state index in [0.717, 1.165) is 37.7 Å². The first-order chi connectivity index (χ1) is 16.0. The van der Waals surface area contributed by atoms with Crippen LogP contribution in [0.25, 0.3) is 5.82 Å². The van der Waals surface area contributed by atoms with Gasteiger partial charge in [0.2, 0.25) is 0 Å². The number of aryl methyl sites for hydroxylation is 1. The number of nitrogens with zero attached hydrogens (tertiary/aromatic N) is 5. The van der Waals surface area contributed by atoms with E-state index < -0.39 is 23.7 Å². The number of alkyl halides is 3. The zero-order valence-electron chi connectivity index (χ0n) is 18.2. The normalized spacial score (nSPS) is 14.5. The molecule has 0 spiro atoms. The van der Waals surface area contributed by atoms with Crippen LogP contribution in [-0.2, 0) is 6.18 Å². The van der Waals surface area contributed by atoms with E-state index in [-0.39, 0.29) is 16.5 Å². The minimum Gasteiger partial charge on any atom is -0.342 e. The smallest absolute Gasteiger partial charge is 0.342 e. The van der Waals surface area contributed by atoms with Crippen LogP contribution in [0.15, 0.2) is 36.5 Å². The van der Waals surface area contributed by atoms with Crippen LogP contribution in [0.2, 0.25) is 5.02 Å². The Labute approximate surface area is 197 Å². The van der Waals surface area contributed by atoms with Gasteiger partial charge in [-0.2, -0.15) is 17.9 Å². The van der Waals surface area contributed by atoms with Crippen molar-refractivity contribution in [2.45, 2.75) is 32.5 Å². The van der Waals surface area contributed by atoms with Gasteiger partial charge < -0.3 is 10.2 Å². The molecule has 1 saturated heterocycles. The quantitative estimate of drug-likeness (QED) is 0.581. The number of nitrogens with one attached hydrogen (secondary N) is 1. The van der Waals surface area contributed by atoms with Crippen LogP contribution in [0.5, 0.6) is 0 Å². The van der Waals surface area contributed by atoms with Crippen LogP contribution >= 0.6 is 11.6 Å². The van der Waals surface area contributed by atoms with Crippen molar-refractivity contribution in [3.63, 3.8) is 0 Å². The third-order valence-corrected chi connectivity index (χ3v) is 5.53. The van der Waals surface area contributed by atoms with Gasteiger partial charge in [0, 0.05) is 29.9 Å². The van der Waals surface area contributed by atoms with Gasteiger partial charge in [-0.3, -0.25) is 9.59 Å². The SMILES string of the molecule is Cc1nc([C@H](C)NC(=O)c2cc(Cl)cc(C(F)(F)F)c2)n(-c2ccc(C(=O)N3CCC3)cn2)n1. The number of amides is 2. The monoisotopic (exact) mass is 492 g/mol. The zero-order valence-corrected chi connectivity index (χ0v) is 19.0. The van der Waals surface area contributed by atoms with Crippen LogP contribution in [0.4, 0.5) is 13.2 Å². The number of halogens is 4. The van der Waals surface area contributed by atoms with Crippen molar-refractivity contribution in [3.8, 4) is 5.82 Å². The van der Waals surface area contributed by atoms with Gasteiger partial charge in [-0.25, -0.2) is 9.97 Å². The molecule has 0 saturated carbocycles. The minimum absolute atomic E-state index is 0.0966. The molecule has 1 aliphatic rings. The molecular weight excluding hydrogens is 473 g/mol. The maximum atomic E-state index is 13.1. The summed E-state index contributed by atoms with van der Waals surface area (Å²) in [6, 6.07) is 5.17. The van der Waals surface area contributed by atoms with Crippen LogP contribution < -0.4 is 5.32 Å². The first-order valence-corrected chi connectivity index (χ1v) is 10.8. The molecule has 1 atom stereocenters. The van der Waals surface area contributed by atoms with E-state index in [0.29, 0.717) is 23.0 Å². The van der Waals surface area contributed by atoms with Gasteiger partial charge in [0.25, 0.3) is 11.8 Å². The summed E-state index contributed by atoms with van der Waals surface area (Å²) in [5.41, 5.74) is -0.806. The summed E-state index contributed by atoms with van der Waals surface area (Å²) in [6.07, 6.45) is -2.21. The first kappa shape index (κ1) is 23.7. The molecule has 0 aliphatic carbocycles. The van der Waals surface area contributed by atoms with Gasteiger partial charge in [-0.05, 0) is 50.6 Å². The molecule has 4 rings (SSSR count). The van der Waals surface area contributed by atoms with Crippen LogP contribution in [0.1, 0.15) is 57.3 Å². The highest BCUT2D eigenvalue weighted by Crippen LogP contribution is 2.32. The molecule has 3 heterocycles. The Kier molecular flexibility index (Phi) is 6.30. The van der Waals surface area contributed by atoms with Gasteiger partial charge in [0.05, 0.1) is 17.2 Å². The van der Waals surface area contributed by atoms with E-state index in [1.54, 1.807) is 30.9 Å². The maximum absolute atomic E-state index is 13.1. The topological polar surface area (TPSA) is 93.0 Å². The second-order valence-corrected chi connectivity index (χ2v) is 8.34. The molecule has 1 fully saturated rings. The molecule has 2 aromatic heterocycles. The summed E-state index contributed by atoms with van der Waals surface area (Å²) in [6.45, 7) is 4.72. The summed E-state index contributed by atoms with van der Waals surface area (Å²) < 4.78 is 40.7. The fraction of sp³-hybridized carbons (Fsp3) is 0.318. The molecule has 3 aromatic rings. The second-order valence-electron chi connectivity index (χ2n) is 7.90. The molecule has 12 heteroatoms. The number of rotatable bonds is 5. The Morgan fingerprint density at radius 1 is 1.15 bits per heavy atom. The summed E-state index contributed by atoms with van der Waals surface area (Å²) >= 11 is 5.79. The maximum Gasteiger partial charge on any atom is 0.416 e. The fourth-order valence-electron chi connectivity index (χ4n) is 3.45. The third-order valence-electron chi connectivity index (χ3n) is 5.32. The van der Waals surface area contributed by atoms with E-state index in [4.69, 9.17) is 11.6 Å². The molecule has 1 aromatic carbocycles. The predicted molar refractivity (Wildman–Crippen MR) is 117 cm³/mol. The lowest BCUT2D eigenvalue weighted by atomic mass is 10.1. The van der Waals surface area contributed by atoms with Crippen molar-refractivity contribution in [1.82, 2.24) is 30.0 Å². The van der Waals surface area contributed by atoms with Gasteiger partial charge in [-0.15, -0.1) is 5.10 Å². The molecule has 2 amide bonds. The number of hydrogen-bond donors (Lipinski definition) is 1. The average molecular weight is 493 g/mol. The molecule has 34 heavy (non-hydrogen) atoms. The molecular formula is C22H20ClF3N6O2. The summed E-state index contributed by atoms with van der Waals surface area (Å²) in [4.78, 5) is 35.4. The van der Waals surface area contributed by atoms with Crippen molar-refractivity contribution in [1.29, 1.82) is 0 Å². The van der Waals surface area contributed by atoms with Gasteiger partial charge >= 0.3 is 6.18 Å². The predicted octanol–water partition coefficient (Wildman–Crippen LogP) is 3.98. The van der Waals surface area contributed by atoms with Crippen molar-refractivity contribution in [2.75, 3.05) is 13.1 Å². The summed E-state index contributed by atoms with van der Waals surface area (Å²) in [5, 5.41) is 6.73. The number of carbonyl (C=O) groups excluding carboxylic acids is 2. The number of hydrogen-bond acceptors (Lipinski definition) is 5. The minimum atomic E-state index is -4.64. The summed E-state index contributed by atoms with van der Waals surface area (Å²) in [5.74, 6) is 0.245. The van der Waals surface area contributed by atoms with E-state index >= 15 is 0 Å². The number of pyridine rings is 1. The van der Waals surface area contributed by atoms with E-state index in [1.165, 1.54) is 10.9 Å². The van der Waals surface area contributed by atoms with Crippen molar-refractivity contribution >= 4 is 23.4 Å². The second kappa shape index (κ2) is 9.05. The summed E-state index contributed by atoms with van der Waals surface area (Å²) in [7, 11) is 0. The highest BCUT2D eigenvalue weighted by molar-refractivity contribution is 6.31. The molecule has 1 aliphatic heterocycles. The third kappa shape index (κ3) is 4.89.